The highest BCUT2D eigenvalue weighted by atomic mass is 16.3. The Morgan fingerprint density at radius 2 is 2.17 bits per heavy atom. The Kier molecular flexibility index (Phi) is 5.47. The molecule has 2 atom stereocenters. The van der Waals surface area contributed by atoms with E-state index in [9.17, 15) is 9.90 Å². The molecule has 126 valence electrons. The lowest BCUT2D eigenvalue weighted by Gasteiger charge is -2.29. The van der Waals surface area contributed by atoms with Crippen molar-refractivity contribution < 1.29 is 9.90 Å². The Morgan fingerprint density at radius 3 is 2.87 bits per heavy atom. The number of fused-ring (bicyclic) bond motifs is 1. The molecule has 1 aromatic carbocycles. The van der Waals surface area contributed by atoms with Crippen molar-refractivity contribution in [1.82, 2.24) is 10.3 Å². The molecule has 1 heterocycles. The SMILES string of the molecule is CCC(C)C(C)(O)CNC(=O)CCc1c[nH]c2ccc(C)cc12. The smallest absolute Gasteiger partial charge is 0.220 e. The van der Waals surface area contributed by atoms with Crippen molar-refractivity contribution in [2.24, 2.45) is 5.92 Å². The third-order valence-electron chi connectivity index (χ3n) is 4.86. The molecule has 0 aliphatic carbocycles. The van der Waals surface area contributed by atoms with E-state index in [2.05, 4.69) is 35.4 Å². The molecule has 0 aliphatic rings. The van der Waals surface area contributed by atoms with Crippen LogP contribution in [0.1, 0.15) is 44.7 Å². The van der Waals surface area contributed by atoms with Crippen LogP contribution in [0.5, 0.6) is 0 Å². The molecule has 4 nitrogen and oxygen atoms in total. The second-order valence-electron chi connectivity index (χ2n) is 6.81. The first-order valence-electron chi connectivity index (χ1n) is 8.39. The van der Waals surface area contributed by atoms with Crippen molar-refractivity contribution in [3.63, 3.8) is 0 Å². The second-order valence-corrected chi connectivity index (χ2v) is 6.81. The summed E-state index contributed by atoms with van der Waals surface area (Å²) in [7, 11) is 0. The van der Waals surface area contributed by atoms with Crippen LogP contribution in [0.3, 0.4) is 0 Å². The van der Waals surface area contributed by atoms with Gasteiger partial charge in [0.15, 0.2) is 0 Å². The minimum absolute atomic E-state index is 0.0180. The lowest BCUT2D eigenvalue weighted by atomic mass is 9.88. The molecule has 2 aromatic rings. The van der Waals surface area contributed by atoms with Crippen LogP contribution in [0, 0.1) is 12.8 Å². The summed E-state index contributed by atoms with van der Waals surface area (Å²) in [6.45, 7) is 8.19. The van der Waals surface area contributed by atoms with Gasteiger partial charge in [-0.15, -0.1) is 0 Å². The Bertz CT molecular complexity index is 673. The molecule has 1 amide bonds. The fourth-order valence-electron chi connectivity index (χ4n) is 2.73. The zero-order chi connectivity index (χ0) is 17.0. The quantitative estimate of drug-likeness (QED) is 0.733. The number of H-pyrrole nitrogens is 1. The third-order valence-corrected chi connectivity index (χ3v) is 4.86. The molecule has 2 unspecified atom stereocenters. The van der Waals surface area contributed by atoms with Gasteiger partial charge in [-0.25, -0.2) is 0 Å². The number of aromatic nitrogens is 1. The highest BCUT2D eigenvalue weighted by molar-refractivity contribution is 5.84. The van der Waals surface area contributed by atoms with Crippen LogP contribution in [0.15, 0.2) is 24.4 Å². The molecule has 2 rings (SSSR count). The summed E-state index contributed by atoms with van der Waals surface area (Å²) in [4.78, 5) is 15.3. The monoisotopic (exact) mass is 316 g/mol. The highest BCUT2D eigenvalue weighted by Gasteiger charge is 2.27. The van der Waals surface area contributed by atoms with Crippen LogP contribution in [0.2, 0.25) is 0 Å². The molecule has 0 fully saturated rings. The van der Waals surface area contributed by atoms with E-state index in [1.54, 1.807) is 6.92 Å². The van der Waals surface area contributed by atoms with Gasteiger partial charge in [-0.1, -0.05) is 31.9 Å². The summed E-state index contributed by atoms with van der Waals surface area (Å²) in [5.41, 5.74) is 2.62. The standard InChI is InChI=1S/C19H28N2O2/c1-5-14(3)19(4,23)12-21-18(22)9-7-15-11-20-17-8-6-13(2)10-16(15)17/h6,8,10-11,14,20,23H,5,7,9,12H2,1-4H3,(H,21,22). The number of hydrogen-bond acceptors (Lipinski definition) is 2. The Labute approximate surface area is 138 Å². The zero-order valence-electron chi connectivity index (χ0n) is 14.6. The summed E-state index contributed by atoms with van der Waals surface area (Å²) < 4.78 is 0. The number of aryl methyl sites for hydroxylation is 2. The number of rotatable bonds is 7. The first kappa shape index (κ1) is 17.5. The average Bonchev–Trinajstić information content (AvgIpc) is 2.92. The molecule has 0 aliphatic heterocycles. The topological polar surface area (TPSA) is 65.1 Å². The number of aromatic amines is 1. The fourth-order valence-corrected chi connectivity index (χ4v) is 2.73. The van der Waals surface area contributed by atoms with E-state index in [4.69, 9.17) is 0 Å². The van der Waals surface area contributed by atoms with Crippen molar-refractivity contribution in [3.05, 3.63) is 35.5 Å². The van der Waals surface area contributed by atoms with Gasteiger partial charge in [-0.05, 0) is 43.9 Å². The average molecular weight is 316 g/mol. The summed E-state index contributed by atoms with van der Waals surface area (Å²) in [6, 6.07) is 6.29. The number of hydrogen-bond donors (Lipinski definition) is 3. The van der Waals surface area contributed by atoms with Gasteiger partial charge in [0.25, 0.3) is 0 Å². The normalized spacial score (nSPS) is 15.3. The van der Waals surface area contributed by atoms with E-state index in [0.717, 1.165) is 17.5 Å². The number of carbonyl (C=O) groups excluding carboxylic acids is 1. The maximum absolute atomic E-state index is 12.1. The van der Waals surface area contributed by atoms with Crippen LogP contribution in [-0.2, 0) is 11.2 Å². The van der Waals surface area contributed by atoms with Crippen molar-refractivity contribution >= 4 is 16.8 Å². The van der Waals surface area contributed by atoms with Crippen LogP contribution in [0.25, 0.3) is 10.9 Å². The van der Waals surface area contributed by atoms with Gasteiger partial charge in [-0.3, -0.25) is 4.79 Å². The van der Waals surface area contributed by atoms with E-state index in [-0.39, 0.29) is 11.8 Å². The molecule has 23 heavy (non-hydrogen) atoms. The Hall–Kier alpha value is -1.81. The summed E-state index contributed by atoms with van der Waals surface area (Å²) in [5, 5.41) is 14.4. The first-order chi connectivity index (χ1) is 10.8. The predicted molar refractivity (Wildman–Crippen MR) is 94.4 cm³/mol. The van der Waals surface area contributed by atoms with Gasteiger partial charge < -0.3 is 15.4 Å². The zero-order valence-corrected chi connectivity index (χ0v) is 14.6. The van der Waals surface area contributed by atoms with Gasteiger partial charge in [0, 0.05) is 30.1 Å². The molecule has 0 spiro atoms. The van der Waals surface area contributed by atoms with E-state index >= 15 is 0 Å². The number of nitrogens with one attached hydrogen (secondary N) is 2. The molecule has 0 saturated heterocycles. The molecular weight excluding hydrogens is 288 g/mol. The predicted octanol–water partition coefficient (Wildman–Crippen LogP) is 3.32. The number of benzene rings is 1. The maximum atomic E-state index is 12.1. The molecule has 0 saturated carbocycles. The minimum Gasteiger partial charge on any atom is -0.388 e. The molecule has 4 heteroatoms. The van der Waals surface area contributed by atoms with E-state index < -0.39 is 5.60 Å². The van der Waals surface area contributed by atoms with Gasteiger partial charge in [0.05, 0.1) is 5.60 Å². The van der Waals surface area contributed by atoms with Crippen molar-refractivity contribution in [1.29, 1.82) is 0 Å². The maximum Gasteiger partial charge on any atom is 0.220 e. The summed E-state index contributed by atoms with van der Waals surface area (Å²) in [5.74, 6) is 0.134. The third kappa shape index (κ3) is 4.35. The van der Waals surface area contributed by atoms with Gasteiger partial charge >= 0.3 is 0 Å². The highest BCUT2D eigenvalue weighted by Crippen LogP contribution is 2.21. The largest absolute Gasteiger partial charge is 0.388 e. The van der Waals surface area contributed by atoms with E-state index in [0.29, 0.717) is 19.4 Å². The van der Waals surface area contributed by atoms with Crippen molar-refractivity contribution in [2.45, 2.75) is 52.6 Å². The van der Waals surface area contributed by atoms with Crippen LogP contribution in [0.4, 0.5) is 0 Å². The van der Waals surface area contributed by atoms with Crippen LogP contribution >= 0.6 is 0 Å². The van der Waals surface area contributed by atoms with Crippen molar-refractivity contribution in [2.75, 3.05) is 6.54 Å². The number of carbonyl (C=O) groups is 1. The fraction of sp³-hybridized carbons (Fsp3) is 0.526. The Balaban J connectivity index is 1.90. The van der Waals surface area contributed by atoms with E-state index in [1.807, 2.05) is 20.0 Å². The van der Waals surface area contributed by atoms with Crippen molar-refractivity contribution in [3.8, 4) is 0 Å². The number of aliphatic hydroxyl groups is 1. The van der Waals surface area contributed by atoms with Crippen LogP contribution in [-0.4, -0.2) is 28.1 Å². The molecule has 1 aromatic heterocycles. The number of amides is 1. The second kappa shape index (κ2) is 7.18. The first-order valence-corrected chi connectivity index (χ1v) is 8.39. The minimum atomic E-state index is -0.859. The van der Waals surface area contributed by atoms with E-state index in [1.165, 1.54) is 10.9 Å². The lowest BCUT2D eigenvalue weighted by Crippen LogP contribution is -2.45. The Morgan fingerprint density at radius 1 is 1.43 bits per heavy atom. The van der Waals surface area contributed by atoms with Gasteiger partial charge in [0.1, 0.15) is 0 Å². The lowest BCUT2D eigenvalue weighted by molar-refractivity contribution is -0.122. The van der Waals surface area contributed by atoms with Gasteiger partial charge in [0.2, 0.25) is 5.91 Å². The molecule has 0 radical (unpaired) electrons. The molecular formula is C19H28N2O2. The molecule has 0 bridgehead atoms. The van der Waals surface area contributed by atoms with Gasteiger partial charge in [-0.2, -0.15) is 0 Å². The van der Waals surface area contributed by atoms with Crippen LogP contribution < -0.4 is 5.32 Å². The summed E-state index contributed by atoms with van der Waals surface area (Å²) >= 11 is 0. The summed E-state index contributed by atoms with van der Waals surface area (Å²) in [6.07, 6.45) is 3.99. The molecule has 3 N–H and O–H groups in total.